The Bertz CT molecular complexity index is 520. The number of aliphatic carboxylic acids is 1. The van der Waals surface area contributed by atoms with E-state index in [1.54, 1.807) is 0 Å². The molecule has 1 aromatic rings. The third-order valence-corrected chi connectivity index (χ3v) is 2.89. The van der Waals surface area contributed by atoms with E-state index in [2.05, 4.69) is 5.32 Å². The number of hydrogen-bond acceptors (Lipinski definition) is 2. The first-order chi connectivity index (χ1) is 8.90. The van der Waals surface area contributed by atoms with Gasteiger partial charge in [-0.2, -0.15) is 0 Å². The van der Waals surface area contributed by atoms with Gasteiger partial charge >= 0.3 is 5.97 Å². The van der Waals surface area contributed by atoms with Crippen molar-refractivity contribution < 1.29 is 27.9 Å². The van der Waals surface area contributed by atoms with E-state index < -0.39 is 40.9 Å². The third-order valence-electron chi connectivity index (χ3n) is 2.89. The fraction of sp³-hybridized carbons (Fsp3) is 0.333. The van der Waals surface area contributed by atoms with Crippen LogP contribution < -0.4 is 5.32 Å². The number of amides is 1. The van der Waals surface area contributed by atoms with Gasteiger partial charge in [-0.05, 0) is 30.9 Å². The Morgan fingerprint density at radius 1 is 1.21 bits per heavy atom. The first-order valence-corrected chi connectivity index (χ1v) is 5.58. The van der Waals surface area contributed by atoms with E-state index in [0.29, 0.717) is 25.0 Å². The lowest BCUT2D eigenvalue weighted by Crippen LogP contribution is -2.42. The van der Waals surface area contributed by atoms with Crippen LogP contribution in [-0.4, -0.2) is 23.0 Å². The largest absolute Gasteiger partial charge is 0.480 e. The number of hydrogen-bond donors (Lipinski definition) is 2. The molecule has 102 valence electrons. The average Bonchev–Trinajstić information content (AvgIpc) is 3.15. The van der Waals surface area contributed by atoms with Gasteiger partial charge in [0.25, 0.3) is 5.91 Å². The number of carboxylic acids is 1. The summed E-state index contributed by atoms with van der Waals surface area (Å²) in [5.41, 5.74) is -0.455. The standard InChI is InChI=1S/C12H10F3NO3/c13-7-3-6(4-8(14)9(7)15)11(17)16-10(12(18)19)5-1-2-5/h3-5,10H,1-2H2,(H,16,17)(H,18,19). The second kappa shape index (κ2) is 4.91. The van der Waals surface area contributed by atoms with Gasteiger partial charge in [-0.1, -0.05) is 0 Å². The number of rotatable bonds is 4. The maximum atomic E-state index is 13.0. The zero-order valence-electron chi connectivity index (χ0n) is 9.62. The maximum Gasteiger partial charge on any atom is 0.326 e. The molecule has 0 radical (unpaired) electrons. The van der Waals surface area contributed by atoms with Gasteiger partial charge in [0.05, 0.1) is 0 Å². The highest BCUT2D eigenvalue weighted by Gasteiger charge is 2.37. The Morgan fingerprint density at radius 2 is 1.74 bits per heavy atom. The summed E-state index contributed by atoms with van der Waals surface area (Å²) in [5, 5.41) is 11.1. The summed E-state index contributed by atoms with van der Waals surface area (Å²) in [6, 6.07) is -0.0391. The van der Waals surface area contributed by atoms with Crippen molar-refractivity contribution in [3.63, 3.8) is 0 Å². The molecule has 1 amide bonds. The lowest BCUT2D eigenvalue weighted by Gasteiger charge is -2.13. The number of carbonyl (C=O) groups excluding carboxylic acids is 1. The molecule has 1 fully saturated rings. The normalized spacial score (nSPS) is 15.9. The van der Waals surface area contributed by atoms with E-state index in [1.165, 1.54) is 0 Å². The van der Waals surface area contributed by atoms with Crippen molar-refractivity contribution in [1.29, 1.82) is 0 Å². The molecule has 1 unspecified atom stereocenters. The van der Waals surface area contributed by atoms with E-state index in [9.17, 15) is 22.8 Å². The Hall–Kier alpha value is -2.05. The Balaban J connectivity index is 2.17. The molecule has 1 aliphatic carbocycles. The van der Waals surface area contributed by atoms with Crippen LogP contribution in [0, 0.1) is 23.4 Å². The molecule has 1 saturated carbocycles. The average molecular weight is 273 g/mol. The molecular weight excluding hydrogens is 263 g/mol. The van der Waals surface area contributed by atoms with Crippen molar-refractivity contribution in [2.75, 3.05) is 0 Å². The minimum atomic E-state index is -1.67. The van der Waals surface area contributed by atoms with Crippen LogP contribution in [0.1, 0.15) is 23.2 Å². The van der Waals surface area contributed by atoms with Crippen LogP contribution in [-0.2, 0) is 4.79 Å². The summed E-state index contributed by atoms with van der Waals surface area (Å²) < 4.78 is 38.6. The molecule has 7 heteroatoms. The van der Waals surface area contributed by atoms with E-state index >= 15 is 0 Å². The van der Waals surface area contributed by atoms with Crippen LogP contribution >= 0.6 is 0 Å². The maximum absolute atomic E-state index is 13.0. The van der Waals surface area contributed by atoms with Gasteiger partial charge in [0, 0.05) is 5.56 Å². The summed E-state index contributed by atoms with van der Waals surface area (Å²) >= 11 is 0. The van der Waals surface area contributed by atoms with Crippen LogP contribution in [0.2, 0.25) is 0 Å². The Morgan fingerprint density at radius 3 is 2.16 bits per heavy atom. The van der Waals surface area contributed by atoms with Crippen LogP contribution in [0.3, 0.4) is 0 Å². The molecule has 0 spiro atoms. The molecule has 19 heavy (non-hydrogen) atoms. The van der Waals surface area contributed by atoms with Gasteiger partial charge in [0.1, 0.15) is 6.04 Å². The van der Waals surface area contributed by atoms with Crippen molar-refractivity contribution in [2.45, 2.75) is 18.9 Å². The second-order valence-electron chi connectivity index (χ2n) is 4.38. The highest BCUT2D eigenvalue weighted by Crippen LogP contribution is 2.32. The van der Waals surface area contributed by atoms with Crippen LogP contribution in [0.4, 0.5) is 13.2 Å². The van der Waals surface area contributed by atoms with Crippen LogP contribution in [0.5, 0.6) is 0 Å². The summed E-state index contributed by atoms with van der Waals surface area (Å²) in [6.45, 7) is 0. The molecule has 0 saturated heterocycles. The second-order valence-corrected chi connectivity index (χ2v) is 4.38. The molecule has 2 rings (SSSR count). The molecule has 0 aromatic heterocycles. The van der Waals surface area contributed by atoms with Crippen molar-refractivity contribution in [1.82, 2.24) is 5.32 Å². The van der Waals surface area contributed by atoms with Crippen molar-refractivity contribution in [3.05, 3.63) is 35.1 Å². The highest BCUT2D eigenvalue weighted by molar-refractivity contribution is 5.96. The minimum Gasteiger partial charge on any atom is -0.480 e. The van der Waals surface area contributed by atoms with Crippen LogP contribution in [0.25, 0.3) is 0 Å². The SMILES string of the molecule is O=C(NC(C(=O)O)C1CC1)c1cc(F)c(F)c(F)c1. The van der Waals surface area contributed by atoms with E-state index in [-0.39, 0.29) is 5.92 Å². The van der Waals surface area contributed by atoms with Crippen LogP contribution in [0.15, 0.2) is 12.1 Å². The molecule has 1 aromatic carbocycles. The summed E-state index contributed by atoms with van der Waals surface area (Å²) in [4.78, 5) is 22.6. The van der Waals surface area contributed by atoms with Crippen molar-refractivity contribution in [2.24, 2.45) is 5.92 Å². The first kappa shape index (κ1) is 13.4. The monoisotopic (exact) mass is 273 g/mol. The molecule has 4 nitrogen and oxygen atoms in total. The molecule has 2 N–H and O–H groups in total. The fourth-order valence-corrected chi connectivity index (χ4v) is 1.72. The number of halogens is 3. The summed E-state index contributed by atoms with van der Waals surface area (Å²) in [5.74, 6) is -6.99. The van der Waals surface area contributed by atoms with Crippen molar-refractivity contribution in [3.8, 4) is 0 Å². The van der Waals surface area contributed by atoms with Gasteiger partial charge in [0.2, 0.25) is 0 Å². The molecular formula is C12H10F3NO3. The number of carboxylic acid groups (broad SMARTS) is 1. The van der Waals surface area contributed by atoms with E-state index in [0.717, 1.165) is 0 Å². The Labute approximate surface area is 106 Å². The lowest BCUT2D eigenvalue weighted by molar-refractivity contribution is -0.139. The number of benzene rings is 1. The number of carbonyl (C=O) groups is 2. The van der Waals surface area contributed by atoms with E-state index in [1.807, 2.05) is 0 Å². The predicted molar refractivity (Wildman–Crippen MR) is 57.9 cm³/mol. The van der Waals surface area contributed by atoms with Gasteiger partial charge in [-0.15, -0.1) is 0 Å². The highest BCUT2D eigenvalue weighted by atomic mass is 19.2. The van der Waals surface area contributed by atoms with Gasteiger partial charge < -0.3 is 10.4 Å². The first-order valence-electron chi connectivity index (χ1n) is 5.58. The van der Waals surface area contributed by atoms with Gasteiger partial charge in [0.15, 0.2) is 17.5 Å². The Kier molecular flexibility index (Phi) is 3.46. The molecule has 1 aliphatic rings. The van der Waals surface area contributed by atoms with Crippen molar-refractivity contribution >= 4 is 11.9 Å². The summed E-state index contributed by atoms with van der Waals surface area (Å²) in [6.07, 6.45) is 1.34. The third kappa shape index (κ3) is 2.86. The zero-order chi connectivity index (χ0) is 14.2. The fourth-order valence-electron chi connectivity index (χ4n) is 1.72. The molecule has 0 bridgehead atoms. The quantitative estimate of drug-likeness (QED) is 0.820. The van der Waals surface area contributed by atoms with Gasteiger partial charge in [-0.25, -0.2) is 18.0 Å². The van der Waals surface area contributed by atoms with E-state index in [4.69, 9.17) is 5.11 Å². The smallest absolute Gasteiger partial charge is 0.326 e. The van der Waals surface area contributed by atoms with Gasteiger partial charge in [-0.3, -0.25) is 4.79 Å². The molecule has 0 aliphatic heterocycles. The zero-order valence-corrected chi connectivity index (χ0v) is 9.62. The molecule has 0 heterocycles. The topological polar surface area (TPSA) is 66.4 Å². The molecule has 1 atom stereocenters. The summed E-state index contributed by atoms with van der Waals surface area (Å²) in [7, 11) is 0. The number of nitrogens with one attached hydrogen (secondary N) is 1. The lowest BCUT2D eigenvalue weighted by atomic mass is 10.1. The minimum absolute atomic E-state index is 0.170. The predicted octanol–water partition coefficient (Wildman–Crippen LogP) is 1.70.